The number of imidazole rings is 1. The van der Waals surface area contributed by atoms with Crippen molar-refractivity contribution < 1.29 is 17.9 Å². The Morgan fingerprint density at radius 1 is 1.14 bits per heavy atom. The van der Waals surface area contributed by atoms with Crippen molar-refractivity contribution >= 4 is 54.1 Å². The standard InChI is InChI=1S/C25H28BrN5O4S/c1-25(2,3)35-24(32)30-12-10-16(11-13-30)22-28-21-19(29(22)4)14-27-23-20(21)18(26)15-31(23)36(33,34)17-8-6-5-7-9-17/h5-9,14-16H,10-13H2,1-4H3. The molecule has 4 aromatic rings. The summed E-state index contributed by atoms with van der Waals surface area (Å²) in [4.78, 5) is 23.9. The Kier molecular flexibility index (Phi) is 6.11. The van der Waals surface area contributed by atoms with Gasteiger partial charge < -0.3 is 14.2 Å². The topological polar surface area (TPSA) is 99.3 Å². The lowest BCUT2D eigenvalue weighted by Gasteiger charge is -2.33. The quantitative estimate of drug-likeness (QED) is 0.340. The van der Waals surface area contributed by atoms with E-state index in [0.717, 1.165) is 24.2 Å². The lowest BCUT2D eigenvalue weighted by molar-refractivity contribution is 0.0202. The van der Waals surface area contributed by atoms with Crippen molar-refractivity contribution in [3.05, 3.63) is 53.0 Å². The SMILES string of the molecule is Cn1c(C2CCN(C(=O)OC(C)(C)C)CC2)nc2c3c(Br)cn(S(=O)(=O)c4ccccc4)c3ncc21. The molecule has 0 spiro atoms. The Balaban J connectivity index is 1.49. The van der Waals surface area contributed by atoms with Gasteiger partial charge in [-0.3, -0.25) is 0 Å². The lowest BCUT2D eigenvalue weighted by Crippen LogP contribution is -2.41. The predicted molar refractivity (Wildman–Crippen MR) is 141 cm³/mol. The van der Waals surface area contributed by atoms with Crippen LogP contribution in [-0.2, 0) is 21.8 Å². The van der Waals surface area contributed by atoms with E-state index in [9.17, 15) is 13.2 Å². The molecular weight excluding hydrogens is 546 g/mol. The number of benzene rings is 1. The van der Waals surface area contributed by atoms with Gasteiger partial charge in [0, 0.05) is 36.7 Å². The van der Waals surface area contributed by atoms with Crippen molar-refractivity contribution in [3.63, 3.8) is 0 Å². The minimum absolute atomic E-state index is 0.157. The first kappa shape index (κ1) is 24.8. The maximum absolute atomic E-state index is 13.3. The van der Waals surface area contributed by atoms with Gasteiger partial charge in [0.2, 0.25) is 0 Å². The van der Waals surface area contributed by atoms with Gasteiger partial charge in [-0.25, -0.2) is 27.2 Å². The number of rotatable bonds is 3. The molecule has 1 saturated heterocycles. The summed E-state index contributed by atoms with van der Waals surface area (Å²) in [5.41, 5.74) is 1.31. The number of hydrogen-bond acceptors (Lipinski definition) is 6. The first-order chi connectivity index (χ1) is 17.0. The highest BCUT2D eigenvalue weighted by atomic mass is 79.9. The van der Waals surface area contributed by atoms with Crippen LogP contribution >= 0.6 is 15.9 Å². The van der Waals surface area contributed by atoms with Crippen LogP contribution in [-0.4, -0.2) is 56.6 Å². The van der Waals surface area contributed by atoms with Crippen LogP contribution < -0.4 is 0 Å². The van der Waals surface area contributed by atoms with E-state index in [1.165, 1.54) is 10.2 Å². The third-order valence-corrected chi connectivity index (χ3v) is 8.70. The van der Waals surface area contributed by atoms with Gasteiger partial charge >= 0.3 is 6.09 Å². The van der Waals surface area contributed by atoms with Gasteiger partial charge in [-0.1, -0.05) is 18.2 Å². The molecule has 11 heteroatoms. The summed E-state index contributed by atoms with van der Waals surface area (Å²) >= 11 is 3.55. The number of nitrogens with zero attached hydrogens (tertiary/aromatic N) is 5. The zero-order chi connectivity index (χ0) is 25.8. The summed E-state index contributed by atoms with van der Waals surface area (Å²) < 4.78 is 36.0. The van der Waals surface area contributed by atoms with E-state index in [4.69, 9.17) is 9.72 Å². The van der Waals surface area contributed by atoms with Gasteiger partial charge in [0.25, 0.3) is 10.0 Å². The minimum atomic E-state index is -3.82. The molecule has 3 aromatic heterocycles. The Labute approximate surface area is 218 Å². The van der Waals surface area contributed by atoms with Crippen molar-refractivity contribution in [2.45, 2.75) is 50.0 Å². The second-order valence-corrected chi connectivity index (χ2v) is 12.7. The van der Waals surface area contributed by atoms with Crippen molar-refractivity contribution in [1.82, 2.24) is 23.4 Å². The molecule has 0 bridgehead atoms. The molecule has 0 aliphatic carbocycles. The molecule has 1 aliphatic heterocycles. The number of aromatic nitrogens is 4. The zero-order valence-corrected chi connectivity index (χ0v) is 23.0. The molecule has 190 valence electrons. The van der Waals surface area contributed by atoms with E-state index in [0.29, 0.717) is 34.1 Å². The Morgan fingerprint density at radius 2 is 1.81 bits per heavy atom. The molecular formula is C25H28BrN5O4S. The number of fused-ring (bicyclic) bond motifs is 3. The van der Waals surface area contributed by atoms with Crippen LogP contribution in [0.25, 0.3) is 22.1 Å². The fourth-order valence-corrected chi connectivity index (χ4v) is 6.71. The van der Waals surface area contributed by atoms with Gasteiger partial charge in [0.1, 0.15) is 16.9 Å². The number of pyridine rings is 1. The van der Waals surface area contributed by atoms with Crippen LogP contribution in [0.2, 0.25) is 0 Å². The summed E-state index contributed by atoms with van der Waals surface area (Å²) in [5, 5.41) is 0.653. The average molecular weight is 575 g/mol. The molecule has 9 nitrogen and oxygen atoms in total. The van der Waals surface area contributed by atoms with E-state index in [1.54, 1.807) is 41.4 Å². The Morgan fingerprint density at radius 3 is 2.44 bits per heavy atom. The normalized spacial score (nSPS) is 15.6. The number of amides is 1. The molecule has 1 fully saturated rings. The number of likely N-dealkylation sites (tertiary alicyclic amines) is 1. The molecule has 1 aromatic carbocycles. The number of piperidine rings is 1. The van der Waals surface area contributed by atoms with Crippen LogP contribution in [0.3, 0.4) is 0 Å². The van der Waals surface area contributed by atoms with E-state index in [2.05, 4.69) is 20.9 Å². The summed E-state index contributed by atoms with van der Waals surface area (Å²) in [6.45, 7) is 6.77. The van der Waals surface area contributed by atoms with Crippen molar-refractivity contribution in [3.8, 4) is 0 Å². The minimum Gasteiger partial charge on any atom is -0.444 e. The van der Waals surface area contributed by atoms with Crippen LogP contribution in [0.4, 0.5) is 4.79 Å². The molecule has 36 heavy (non-hydrogen) atoms. The number of hydrogen-bond donors (Lipinski definition) is 0. The average Bonchev–Trinajstić information content (AvgIpc) is 3.36. The van der Waals surface area contributed by atoms with Crippen LogP contribution in [0, 0.1) is 0 Å². The Bertz CT molecular complexity index is 1560. The molecule has 0 N–H and O–H groups in total. The van der Waals surface area contributed by atoms with Gasteiger partial charge in [-0.2, -0.15) is 0 Å². The molecule has 0 unspecified atom stereocenters. The van der Waals surface area contributed by atoms with Gasteiger partial charge in [0.15, 0.2) is 5.65 Å². The number of ether oxygens (including phenoxy) is 1. The maximum Gasteiger partial charge on any atom is 0.410 e. The van der Waals surface area contributed by atoms with Gasteiger partial charge in [0.05, 0.1) is 22.0 Å². The highest BCUT2D eigenvalue weighted by Crippen LogP contribution is 2.36. The summed E-state index contributed by atoms with van der Waals surface area (Å²) in [7, 11) is -1.88. The highest BCUT2D eigenvalue weighted by molar-refractivity contribution is 9.10. The zero-order valence-electron chi connectivity index (χ0n) is 20.6. The lowest BCUT2D eigenvalue weighted by atomic mass is 9.96. The van der Waals surface area contributed by atoms with Crippen LogP contribution in [0.1, 0.15) is 45.4 Å². The summed E-state index contributed by atoms with van der Waals surface area (Å²) in [6.07, 6.45) is 4.44. The maximum atomic E-state index is 13.3. The Hall–Kier alpha value is -2.92. The monoisotopic (exact) mass is 573 g/mol. The molecule has 5 rings (SSSR count). The predicted octanol–water partition coefficient (Wildman–Crippen LogP) is 5.04. The number of carbonyl (C=O) groups is 1. The van der Waals surface area contributed by atoms with Gasteiger partial charge in [-0.05, 0) is 61.7 Å². The summed E-state index contributed by atoms with van der Waals surface area (Å²) in [6, 6.07) is 8.29. The largest absolute Gasteiger partial charge is 0.444 e. The second-order valence-electron chi connectivity index (χ2n) is 10.1. The van der Waals surface area contributed by atoms with E-state index in [-0.39, 0.29) is 16.9 Å². The first-order valence-corrected chi connectivity index (χ1v) is 14.0. The molecule has 0 radical (unpaired) electrons. The molecule has 4 heterocycles. The molecule has 1 aliphatic rings. The first-order valence-electron chi connectivity index (χ1n) is 11.8. The highest BCUT2D eigenvalue weighted by Gasteiger charge is 2.31. The fraction of sp³-hybridized carbons (Fsp3) is 0.400. The fourth-order valence-electron chi connectivity index (χ4n) is 4.67. The van der Waals surface area contributed by atoms with Crippen molar-refractivity contribution in [2.24, 2.45) is 7.05 Å². The third-order valence-electron chi connectivity index (χ3n) is 6.43. The third kappa shape index (κ3) is 4.28. The number of carbonyl (C=O) groups excluding carboxylic acids is 1. The number of halogens is 1. The van der Waals surface area contributed by atoms with Gasteiger partial charge in [-0.15, -0.1) is 0 Å². The van der Waals surface area contributed by atoms with Crippen molar-refractivity contribution in [2.75, 3.05) is 13.1 Å². The molecule has 0 saturated carbocycles. The van der Waals surface area contributed by atoms with E-state index < -0.39 is 15.6 Å². The van der Waals surface area contributed by atoms with E-state index in [1.807, 2.05) is 32.4 Å². The second kappa shape index (κ2) is 8.88. The number of aryl methyl sites for hydroxylation is 1. The molecule has 1 amide bonds. The van der Waals surface area contributed by atoms with Crippen LogP contribution in [0.15, 0.2) is 52.1 Å². The molecule has 0 atom stereocenters. The smallest absolute Gasteiger partial charge is 0.410 e. The van der Waals surface area contributed by atoms with Crippen LogP contribution in [0.5, 0.6) is 0 Å². The van der Waals surface area contributed by atoms with E-state index >= 15 is 0 Å². The van der Waals surface area contributed by atoms with Crippen molar-refractivity contribution in [1.29, 1.82) is 0 Å². The summed E-state index contributed by atoms with van der Waals surface area (Å²) in [5.74, 6) is 1.05.